The lowest BCUT2D eigenvalue weighted by atomic mass is 10.1. The van der Waals surface area contributed by atoms with Gasteiger partial charge in [0.1, 0.15) is 0 Å². The minimum Gasteiger partial charge on any atom is -0.325 e. The van der Waals surface area contributed by atoms with Crippen molar-refractivity contribution < 1.29 is 0 Å². The molecule has 2 N–H and O–H groups in total. The number of hydrogen-bond acceptors (Lipinski definition) is 3. The van der Waals surface area contributed by atoms with E-state index in [9.17, 15) is 0 Å². The predicted octanol–water partition coefficient (Wildman–Crippen LogP) is 2.18. The van der Waals surface area contributed by atoms with Crippen molar-refractivity contribution in [3.05, 3.63) is 17.5 Å². The van der Waals surface area contributed by atoms with Crippen LogP contribution in [0, 0.1) is 6.92 Å². The summed E-state index contributed by atoms with van der Waals surface area (Å²) < 4.78 is 2.06. The molecule has 0 unspecified atom stereocenters. The minimum atomic E-state index is -0.0865. The molecular formula is C11H21N3S. The summed E-state index contributed by atoms with van der Waals surface area (Å²) in [4.78, 5) is 0. The first kappa shape index (κ1) is 12.6. The second kappa shape index (κ2) is 5.03. The summed E-state index contributed by atoms with van der Waals surface area (Å²) in [6.07, 6.45) is 0. The molecule has 0 saturated heterocycles. The average molecular weight is 227 g/mol. The van der Waals surface area contributed by atoms with Gasteiger partial charge in [0.15, 0.2) is 0 Å². The molecule has 1 rings (SSSR count). The molecule has 0 aliphatic heterocycles. The molecule has 86 valence electrons. The van der Waals surface area contributed by atoms with Crippen LogP contribution in [-0.2, 0) is 12.3 Å². The van der Waals surface area contributed by atoms with Crippen molar-refractivity contribution in [2.24, 2.45) is 5.73 Å². The number of aryl methyl sites for hydroxylation is 2. The Morgan fingerprint density at radius 1 is 1.53 bits per heavy atom. The Bertz CT molecular complexity index is 312. The molecule has 0 spiro atoms. The number of nitrogens with zero attached hydrogens (tertiary/aromatic N) is 2. The number of thioether (sulfide) groups is 1. The van der Waals surface area contributed by atoms with Gasteiger partial charge in [0, 0.05) is 29.3 Å². The molecule has 1 aromatic heterocycles. The summed E-state index contributed by atoms with van der Waals surface area (Å²) in [5.41, 5.74) is 8.24. The molecule has 1 heterocycles. The Hall–Kier alpha value is -0.480. The van der Waals surface area contributed by atoms with Gasteiger partial charge in [-0.1, -0.05) is 0 Å². The molecule has 15 heavy (non-hydrogen) atoms. The third-order valence-electron chi connectivity index (χ3n) is 2.01. The summed E-state index contributed by atoms with van der Waals surface area (Å²) >= 11 is 1.87. The van der Waals surface area contributed by atoms with Crippen molar-refractivity contribution in [1.29, 1.82) is 0 Å². The maximum Gasteiger partial charge on any atom is 0.0596 e. The molecule has 0 aliphatic carbocycles. The Morgan fingerprint density at radius 3 is 2.73 bits per heavy atom. The van der Waals surface area contributed by atoms with Crippen molar-refractivity contribution in [2.75, 3.05) is 5.75 Å². The lowest BCUT2D eigenvalue weighted by Crippen LogP contribution is -2.34. The molecule has 1 aromatic rings. The lowest BCUT2D eigenvalue weighted by molar-refractivity contribution is 0.590. The van der Waals surface area contributed by atoms with Crippen molar-refractivity contribution in [3.63, 3.8) is 0 Å². The lowest BCUT2D eigenvalue weighted by Gasteiger charge is -2.17. The van der Waals surface area contributed by atoms with E-state index < -0.39 is 0 Å². The van der Waals surface area contributed by atoms with Crippen LogP contribution in [0.2, 0.25) is 0 Å². The fourth-order valence-electron chi connectivity index (χ4n) is 1.41. The van der Waals surface area contributed by atoms with E-state index in [-0.39, 0.29) is 5.54 Å². The van der Waals surface area contributed by atoms with Crippen molar-refractivity contribution in [3.8, 4) is 0 Å². The summed E-state index contributed by atoms with van der Waals surface area (Å²) in [7, 11) is 0. The van der Waals surface area contributed by atoms with Crippen LogP contribution in [0.1, 0.15) is 32.2 Å². The second-order valence-electron chi connectivity index (χ2n) is 4.57. The highest BCUT2D eigenvalue weighted by atomic mass is 32.2. The summed E-state index contributed by atoms with van der Waals surface area (Å²) in [6, 6.07) is 2.15. The van der Waals surface area contributed by atoms with Gasteiger partial charge in [-0.2, -0.15) is 16.9 Å². The number of rotatable bonds is 5. The van der Waals surface area contributed by atoms with Gasteiger partial charge in [-0.25, -0.2) is 0 Å². The van der Waals surface area contributed by atoms with Crippen LogP contribution >= 0.6 is 11.8 Å². The topological polar surface area (TPSA) is 43.8 Å². The molecule has 0 bridgehead atoms. The maximum atomic E-state index is 5.93. The van der Waals surface area contributed by atoms with Gasteiger partial charge in [-0.3, -0.25) is 4.68 Å². The number of nitrogens with two attached hydrogens (primary N) is 1. The van der Waals surface area contributed by atoms with E-state index in [0.717, 1.165) is 23.7 Å². The van der Waals surface area contributed by atoms with Crippen LogP contribution in [0.4, 0.5) is 0 Å². The zero-order valence-electron chi connectivity index (χ0n) is 10.1. The summed E-state index contributed by atoms with van der Waals surface area (Å²) in [6.45, 7) is 9.21. The molecule has 0 atom stereocenters. The summed E-state index contributed by atoms with van der Waals surface area (Å²) in [5.74, 6) is 1.97. The van der Waals surface area contributed by atoms with E-state index in [4.69, 9.17) is 5.73 Å². The third-order valence-corrected chi connectivity index (χ3v) is 3.46. The van der Waals surface area contributed by atoms with Gasteiger partial charge in [0.2, 0.25) is 0 Å². The molecule has 0 aromatic carbocycles. The van der Waals surface area contributed by atoms with Crippen LogP contribution in [-0.4, -0.2) is 21.1 Å². The largest absolute Gasteiger partial charge is 0.325 e. The molecule has 4 heteroatoms. The van der Waals surface area contributed by atoms with E-state index in [0.29, 0.717) is 0 Å². The SMILES string of the molecule is CCn1nc(C)cc1CSCC(C)(C)N. The minimum absolute atomic E-state index is 0.0865. The van der Waals surface area contributed by atoms with Gasteiger partial charge in [0.25, 0.3) is 0 Å². The van der Waals surface area contributed by atoms with E-state index in [2.05, 4.69) is 36.6 Å². The standard InChI is InChI=1S/C11H21N3S/c1-5-14-10(6-9(2)13-14)7-15-8-11(3,4)12/h6H,5,7-8,12H2,1-4H3. The number of hydrogen-bond donors (Lipinski definition) is 1. The van der Waals surface area contributed by atoms with Gasteiger partial charge >= 0.3 is 0 Å². The first-order chi connectivity index (χ1) is 6.92. The van der Waals surface area contributed by atoms with Crippen LogP contribution in [0.3, 0.4) is 0 Å². The van der Waals surface area contributed by atoms with E-state index in [1.807, 2.05) is 18.7 Å². The van der Waals surface area contributed by atoms with Crippen LogP contribution < -0.4 is 5.73 Å². The van der Waals surface area contributed by atoms with Gasteiger partial charge in [-0.15, -0.1) is 0 Å². The maximum absolute atomic E-state index is 5.93. The molecule has 0 aliphatic rings. The monoisotopic (exact) mass is 227 g/mol. The average Bonchev–Trinajstić information content (AvgIpc) is 2.44. The first-order valence-electron chi connectivity index (χ1n) is 5.32. The van der Waals surface area contributed by atoms with E-state index in [1.54, 1.807) is 0 Å². The second-order valence-corrected chi connectivity index (χ2v) is 5.56. The quantitative estimate of drug-likeness (QED) is 0.838. The van der Waals surface area contributed by atoms with Crippen molar-refractivity contribution in [1.82, 2.24) is 9.78 Å². The molecule has 0 saturated carbocycles. The Labute approximate surface area is 96.4 Å². The fraction of sp³-hybridized carbons (Fsp3) is 0.727. The zero-order valence-corrected chi connectivity index (χ0v) is 10.9. The molecule has 3 nitrogen and oxygen atoms in total. The van der Waals surface area contributed by atoms with Crippen molar-refractivity contribution >= 4 is 11.8 Å². The zero-order chi connectivity index (χ0) is 11.5. The Balaban J connectivity index is 2.50. The normalized spacial score (nSPS) is 12.1. The smallest absolute Gasteiger partial charge is 0.0596 e. The summed E-state index contributed by atoms with van der Waals surface area (Å²) in [5, 5.41) is 4.42. The van der Waals surface area contributed by atoms with Crippen molar-refractivity contribution in [2.45, 2.75) is 45.5 Å². The van der Waals surface area contributed by atoms with E-state index in [1.165, 1.54) is 5.69 Å². The third kappa shape index (κ3) is 4.26. The molecule has 0 amide bonds. The highest BCUT2D eigenvalue weighted by Gasteiger charge is 2.11. The van der Waals surface area contributed by atoms with E-state index >= 15 is 0 Å². The van der Waals surface area contributed by atoms with Crippen LogP contribution in [0.15, 0.2) is 6.07 Å². The fourth-order valence-corrected chi connectivity index (χ4v) is 2.48. The van der Waals surface area contributed by atoms with Gasteiger partial charge in [-0.05, 0) is 33.8 Å². The van der Waals surface area contributed by atoms with Crippen LogP contribution in [0.25, 0.3) is 0 Å². The van der Waals surface area contributed by atoms with Crippen LogP contribution in [0.5, 0.6) is 0 Å². The Kier molecular flexibility index (Phi) is 4.22. The van der Waals surface area contributed by atoms with Gasteiger partial charge < -0.3 is 5.73 Å². The predicted molar refractivity (Wildman–Crippen MR) is 67.1 cm³/mol. The van der Waals surface area contributed by atoms with Gasteiger partial charge in [0.05, 0.1) is 5.69 Å². The highest BCUT2D eigenvalue weighted by Crippen LogP contribution is 2.17. The Morgan fingerprint density at radius 2 is 2.20 bits per heavy atom. The molecule has 0 radical (unpaired) electrons. The molecular weight excluding hydrogens is 206 g/mol. The number of aromatic nitrogens is 2. The molecule has 0 fully saturated rings. The first-order valence-corrected chi connectivity index (χ1v) is 6.48. The highest BCUT2D eigenvalue weighted by molar-refractivity contribution is 7.98.